The SMILES string of the molecule is NC(=O)[C@@H]1C[C@H]2C=C[C@H]1C2. The van der Waals surface area contributed by atoms with Gasteiger partial charge in [0.15, 0.2) is 0 Å². The Morgan fingerprint density at radius 1 is 1.40 bits per heavy atom. The van der Waals surface area contributed by atoms with Gasteiger partial charge in [-0.25, -0.2) is 0 Å². The highest BCUT2D eigenvalue weighted by Crippen LogP contribution is 2.42. The van der Waals surface area contributed by atoms with Crippen molar-refractivity contribution in [2.75, 3.05) is 0 Å². The summed E-state index contributed by atoms with van der Waals surface area (Å²) >= 11 is 0. The van der Waals surface area contributed by atoms with Crippen LogP contribution in [0.4, 0.5) is 0 Å². The van der Waals surface area contributed by atoms with Crippen LogP contribution in [-0.2, 0) is 4.79 Å². The van der Waals surface area contributed by atoms with Crippen molar-refractivity contribution in [2.45, 2.75) is 12.8 Å². The van der Waals surface area contributed by atoms with Crippen molar-refractivity contribution >= 4 is 5.91 Å². The second-order valence-corrected chi connectivity index (χ2v) is 3.29. The summed E-state index contributed by atoms with van der Waals surface area (Å²) in [6, 6.07) is 0. The Labute approximate surface area is 60.1 Å². The maximum atomic E-state index is 10.8. The third-order valence-electron chi connectivity index (χ3n) is 2.64. The van der Waals surface area contributed by atoms with Crippen molar-refractivity contribution in [1.29, 1.82) is 0 Å². The van der Waals surface area contributed by atoms with Crippen LogP contribution < -0.4 is 5.73 Å². The van der Waals surface area contributed by atoms with Gasteiger partial charge in [0, 0.05) is 5.92 Å². The van der Waals surface area contributed by atoms with Crippen molar-refractivity contribution in [2.24, 2.45) is 23.5 Å². The highest BCUT2D eigenvalue weighted by atomic mass is 16.1. The van der Waals surface area contributed by atoms with Gasteiger partial charge in [0.1, 0.15) is 0 Å². The zero-order valence-electron chi connectivity index (χ0n) is 5.79. The van der Waals surface area contributed by atoms with Gasteiger partial charge >= 0.3 is 0 Å². The summed E-state index contributed by atoms with van der Waals surface area (Å²) in [5.41, 5.74) is 5.21. The van der Waals surface area contributed by atoms with Gasteiger partial charge in [0.05, 0.1) is 0 Å². The predicted molar refractivity (Wildman–Crippen MR) is 38.0 cm³/mol. The van der Waals surface area contributed by atoms with Gasteiger partial charge in [-0.3, -0.25) is 4.79 Å². The quantitative estimate of drug-likeness (QED) is 0.531. The second kappa shape index (κ2) is 1.84. The molecule has 0 aromatic rings. The van der Waals surface area contributed by atoms with Crippen LogP contribution in [0.5, 0.6) is 0 Å². The lowest BCUT2D eigenvalue weighted by molar-refractivity contribution is -0.122. The van der Waals surface area contributed by atoms with E-state index >= 15 is 0 Å². The Hall–Kier alpha value is -0.790. The average Bonchev–Trinajstić information content (AvgIpc) is 2.44. The third-order valence-corrected chi connectivity index (χ3v) is 2.64. The largest absolute Gasteiger partial charge is 0.369 e. The first-order valence-electron chi connectivity index (χ1n) is 3.75. The lowest BCUT2D eigenvalue weighted by Gasteiger charge is -2.12. The molecule has 0 saturated heterocycles. The van der Waals surface area contributed by atoms with E-state index in [1.807, 2.05) is 0 Å². The number of amides is 1. The highest BCUT2D eigenvalue weighted by Gasteiger charge is 2.38. The number of allylic oxidation sites excluding steroid dienone is 2. The Balaban J connectivity index is 2.16. The Kier molecular flexibility index (Phi) is 1.10. The second-order valence-electron chi connectivity index (χ2n) is 3.29. The zero-order chi connectivity index (χ0) is 7.14. The maximum Gasteiger partial charge on any atom is 0.221 e. The van der Waals surface area contributed by atoms with Crippen LogP contribution in [0.1, 0.15) is 12.8 Å². The first-order valence-corrected chi connectivity index (χ1v) is 3.75. The topological polar surface area (TPSA) is 43.1 Å². The molecule has 2 N–H and O–H groups in total. The number of hydrogen-bond donors (Lipinski definition) is 1. The molecular formula is C8H11NO. The average molecular weight is 137 g/mol. The van der Waals surface area contributed by atoms with E-state index in [0.29, 0.717) is 11.8 Å². The summed E-state index contributed by atoms with van der Waals surface area (Å²) < 4.78 is 0. The maximum absolute atomic E-state index is 10.8. The van der Waals surface area contributed by atoms with Gasteiger partial charge < -0.3 is 5.73 Å². The minimum atomic E-state index is -0.114. The van der Waals surface area contributed by atoms with Crippen molar-refractivity contribution in [1.82, 2.24) is 0 Å². The Morgan fingerprint density at radius 3 is 2.50 bits per heavy atom. The standard InChI is InChI=1S/C8H11NO/c9-8(10)7-4-5-1-2-6(7)3-5/h1-2,5-7H,3-4H2,(H2,9,10)/t5-,6-,7+/m0/s1. The highest BCUT2D eigenvalue weighted by molar-refractivity contribution is 5.78. The summed E-state index contributed by atoms with van der Waals surface area (Å²) in [7, 11) is 0. The molecular weight excluding hydrogens is 126 g/mol. The van der Waals surface area contributed by atoms with Crippen LogP contribution in [-0.4, -0.2) is 5.91 Å². The molecule has 0 aliphatic heterocycles. The number of carbonyl (C=O) groups is 1. The van der Waals surface area contributed by atoms with Crippen LogP contribution in [0.15, 0.2) is 12.2 Å². The third kappa shape index (κ3) is 0.681. The number of hydrogen-bond acceptors (Lipinski definition) is 1. The molecule has 0 heterocycles. The molecule has 2 rings (SSSR count). The lowest BCUT2D eigenvalue weighted by atomic mass is 9.93. The van der Waals surface area contributed by atoms with Crippen molar-refractivity contribution in [3.8, 4) is 0 Å². The van der Waals surface area contributed by atoms with Crippen LogP contribution >= 0.6 is 0 Å². The van der Waals surface area contributed by atoms with Crippen molar-refractivity contribution in [3.05, 3.63) is 12.2 Å². The molecule has 2 aliphatic rings. The summed E-state index contributed by atoms with van der Waals surface area (Å²) in [4.78, 5) is 10.8. The molecule has 2 heteroatoms. The first kappa shape index (κ1) is 5.96. The fourth-order valence-electron chi connectivity index (χ4n) is 2.11. The number of fused-ring (bicyclic) bond motifs is 2. The predicted octanol–water partition coefficient (Wildman–Crippen LogP) is 0.684. The van der Waals surface area contributed by atoms with Crippen LogP contribution in [0.3, 0.4) is 0 Å². The van der Waals surface area contributed by atoms with Gasteiger partial charge in [0.2, 0.25) is 5.91 Å². The Morgan fingerprint density at radius 2 is 2.20 bits per heavy atom. The number of rotatable bonds is 1. The van der Waals surface area contributed by atoms with Gasteiger partial charge in [-0.2, -0.15) is 0 Å². The van der Waals surface area contributed by atoms with Crippen LogP contribution in [0.25, 0.3) is 0 Å². The van der Waals surface area contributed by atoms with Gasteiger partial charge in [0.25, 0.3) is 0 Å². The van der Waals surface area contributed by atoms with E-state index in [2.05, 4.69) is 12.2 Å². The summed E-state index contributed by atoms with van der Waals surface area (Å²) in [5, 5.41) is 0. The molecule has 54 valence electrons. The van der Waals surface area contributed by atoms with E-state index < -0.39 is 0 Å². The molecule has 1 saturated carbocycles. The Bertz CT molecular complexity index is 197. The number of carbonyl (C=O) groups excluding carboxylic acids is 1. The molecule has 0 radical (unpaired) electrons. The minimum absolute atomic E-state index is 0.114. The summed E-state index contributed by atoms with van der Waals surface area (Å²) in [6.45, 7) is 0. The van der Waals surface area contributed by atoms with Crippen molar-refractivity contribution in [3.63, 3.8) is 0 Å². The van der Waals surface area contributed by atoms with Gasteiger partial charge in [-0.1, -0.05) is 12.2 Å². The van der Waals surface area contributed by atoms with E-state index in [1.54, 1.807) is 0 Å². The van der Waals surface area contributed by atoms with Crippen LogP contribution in [0.2, 0.25) is 0 Å². The molecule has 1 fully saturated rings. The molecule has 0 aromatic heterocycles. The van der Waals surface area contributed by atoms with Crippen molar-refractivity contribution < 1.29 is 4.79 Å². The molecule has 2 aliphatic carbocycles. The van der Waals surface area contributed by atoms with E-state index in [1.165, 1.54) is 0 Å². The number of nitrogens with two attached hydrogens (primary N) is 1. The van der Waals surface area contributed by atoms with E-state index in [9.17, 15) is 4.79 Å². The molecule has 1 amide bonds. The first-order chi connectivity index (χ1) is 4.77. The van der Waals surface area contributed by atoms with E-state index in [0.717, 1.165) is 12.8 Å². The lowest BCUT2D eigenvalue weighted by Crippen LogP contribution is -2.26. The fourth-order valence-corrected chi connectivity index (χ4v) is 2.11. The summed E-state index contributed by atoms with van der Waals surface area (Å²) in [5.74, 6) is 1.16. The van der Waals surface area contributed by atoms with Crippen LogP contribution in [0, 0.1) is 17.8 Å². The molecule has 3 atom stereocenters. The van der Waals surface area contributed by atoms with E-state index in [4.69, 9.17) is 5.73 Å². The number of primary amides is 1. The molecule has 0 unspecified atom stereocenters. The summed E-state index contributed by atoms with van der Waals surface area (Å²) in [6.07, 6.45) is 6.51. The fraction of sp³-hybridized carbons (Fsp3) is 0.625. The molecule has 2 bridgehead atoms. The van der Waals surface area contributed by atoms with Gasteiger partial charge in [-0.05, 0) is 24.7 Å². The van der Waals surface area contributed by atoms with Gasteiger partial charge in [-0.15, -0.1) is 0 Å². The normalized spacial score (nSPS) is 42.6. The molecule has 0 aromatic carbocycles. The smallest absolute Gasteiger partial charge is 0.221 e. The molecule has 0 spiro atoms. The van der Waals surface area contributed by atoms with E-state index in [-0.39, 0.29) is 11.8 Å². The minimum Gasteiger partial charge on any atom is -0.369 e. The molecule has 10 heavy (non-hydrogen) atoms. The zero-order valence-corrected chi connectivity index (χ0v) is 5.79. The molecule has 2 nitrogen and oxygen atoms in total. The monoisotopic (exact) mass is 137 g/mol.